The van der Waals surface area contributed by atoms with Gasteiger partial charge in [0.05, 0.1) is 11.3 Å². The first-order valence-electron chi connectivity index (χ1n) is 6.67. The van der Waals surface area contributed by atoms with Crippen LogP contribution in [0.5, 0.6) is 0 Å². The van der Waals surface area contributed by atoms with Crippen molar-refractivity contribution in [1.29, 1.82) is 0 Å². The van der Waals surface area contributed by atoms with Crippen molar-refractivity contribution in [3.63, 3.8) is 0 Å². The Bertz CT molecular complexity index is 522. The molecule has 0 N–H and O–H groups in total. The summed E-state index contributed by atoms with van der Waals surface area (Å²) in [5.74, 6) is -1.58. The van der Waals surface area contributed by atoms with E-state index in [0.717, 1.165) is 30.6 Å². The summed E-state index contributed by atoms with van der Waals surface area (Å²) in [5, 5.41) is 0. The number of carbonyl (C=O) groups is 3. The molecule has 4 heteroatoms. The zero-order valence-electron chi connectivity index (χ0n) is 11.0. The molecule has 0 aliphatic carbocycles. The Morgan fingerprint density at radius 2 is 1.84 bits per heavy atom. The van der Waals surface area contributed by atoms with Crippen molar-refractivity contribution < 1.29 is 14.4 Å². The number of fused-ring (bicyclic) bond motifs is 1. The molecule has 0 saturated carbocycles. The quantitative estimate of drug-likeness (QED) is 0.603. The summed E-state index contributed by atoms with van der Waals surface area (Å²) in [7, 11) is 0. The van der Waals surface area contributed by atoms with Gasteiger partial charge in [0.1, 0.15) is 0 Å². The summed E-state index contributed by atoms with van der Waals surface area (Å²) in [6, 6.07) is 6.64. The molecular weight excluding hydrogens is 242 g/mol. The van der Waals surface area contributed by atoms with Crippen LogP contribution in [0.3, 0.4) is 0 Å². The third-order valence-corrected chi connectivity index (χ3v) is 3.28. The average Bonchev–Trinajstić information content (AvgIpc) is 2.68. The predicted octanol–water partition coefficient (Wildman–Crippen LogP) is 2.71. The van der Waals surface area contributed by atoms with Crippen LogP contribution in [-0.2, 0) is 9.59 Å². The largest absolute Gasteiger partial charge is 0.306 e. The normalized spacial score (nSPS) is 13.8. The lowest BCUT2D eigenvalue weighted by Gasteiger charge is -2.14. The topological polar surface area (TPSA) is 54.5 Å². The molecule has 1 aliphatic rings. The van der Waals surface area contributed by atoms with Gasteiger partial charge in [-0.25, -0.2) is 4.90 Å². The summed E-state index contributed by atoms with van der Waals surface area (Å²) in [6.07, 6.45) is 4.22. The van der Waals surface area contributed by atoms with Crippen LogP contribution in [0.4, 0.5) is 5.69 Å². The van der Waals surface area contributed by atoms with E-state index in [9.17, 15) is 14.4 Å². The van der Waals surface area contributed by atoms with Crippen molar-refractivity contribution in [2.75, 3.05) is 4.90 Å². The summed E-state index contributed by atoms with van der Waals surface area (Å²) >= 11 is 0. The molecular formula is C15H17NO3. The Kier molecular flexibility index (Phi) is 4.10. The molecule has 0 fully saturated rings. The molecule has 4 nitrogen and oxygen atoms in total. The Hall–Kier alpha value is -1.97. The van der Waals surface area contributed by atoms with E-state index in [1.165, 1.54) is 0 Å². The lowest BCUT2D eigenvalue weighted by Crippen LogP contribution is -2.35. The number of unbranched alkanes of at least 4 members (excludes halogenated alkanes) is 3. The van der Waals surface area contributed by atoms with E-state index < -0.39 is 11.7 Å². The van der Waals surface area contributed by atoms with Gasteiger partial charge in [0, 0.05) is 6.42 Å². The fourth-order valence-corrected chi connectivity index (χ4v) is 2.25. The van der Waals surface area contributed by atoms with Crippen molar-refractivity contribution in [3.8, 4) is 0 Å². The molecule has 0 atom stereocenters. The van der Waals surface area contributed by atoms with Crippen LogP contribution in [0.15, 0.2) is 24.3 Å². The number of Topliss-reactive ketones (excluding diaryl/α,β-unsaturated/α-hetero) is 1. The number of amides is 2. The molecule has 0 unspecified atom stereocenters. The highest BCUT2D eigenvalue weighted by Crippen LogP contribution is 2.29. The molecule has 100 valence electrons. The van der Waals surface area contributed by atoms with E-state index >= 15 is 0 Å². The molecule has 19 heavy (non-hydrogen) atoms. The van der Waals surface area contributed by atoms with Crippen molar-refractivity contribution in [2.24, 2.45) is 0 Å². The Labute approximate surface area is 112 Å². The van der Waals surface area contributed by atoms with Crippen LogP contribution < -0.4 is 4.90 Å². The van der Waals surface area contributed by atoms with E-state index in [1.54, 1.807) is 24.3 Å². The number of hydrogen-bond donors (Lipinski definition) is 0. The van der Waals surface area contributed by atoms with Gasteiger partial charge in [-0.05, 0) is 18.6 Å². The molecule has 0 radical (unpaired) electrons. The highest BCUT2D eigenvalue weighted by atomic mass is 16.2. The first-order valence-corrected chi connectivity index (χ1v) is 6.67. The van der Waals surface area contributed by atoms with Gasteiger partial charge < -0.3 is 0 Å². The van der Waals surface area contributed by atoms with E-state index in [-0.39, 0.29) is 5.91 Å². The number of rotatable bonds is 5. The van der Waals surface area contributed by atoms with Gasteiger partial charge in [-0.15, -0.1) is 0 Å². The number of nitrogens with zero attached hydrogens (tertiary/aromatic N) is 1. The maximum atomic E-state index is 12.1. The second-order valence-electron chi connectivity index (χ2n) is 4.69. The summed E-state index contributed by atoms with van der Waals surface area (Å²) < 4.78 is 0. The molecule has 1 aromatic carbocycles. The maximum absolute atomic E-state index is 12.1. The summed E-state index contributed by atoms with van der Waals surface area (Å²) in [6.45, 7) is 2.10. The van der Waals surface area contributed by atoms with Gasteiger partial charge in [0.25, 0.3) is 5.78 Å². The summed E-state index contributed by atoms with van der Waals surface area (Å²) in [5.41, 5.74) is 0.757. The number of anilines is 1. The van der Waals surface area contributed by atoms with Gasteiger partial charge in [0.2, 0.25) is 5.91 Å². The van der Waals surface area contributed by atoms with E-state index in [4.69, 9.17) is 0 Å². The molecule has 0 aromatic heterocycles. The number of ketones is 1. The SMILES string of the molecule is CCCCCCC(=O)N1C(=O)C(=O)c2ccccc21. The van der Waals surface area contributed by atoms with E-state index in [0.29, 0.717) is 17.7 Å². The monoisotopic (exact) mass is 259 g/mol. The third kappa shape index (κ3) is 2.57. The molecule has 0 saturated heterocycles. The number of carbonyl (C=O) groups excluding carboxylic acids is 3. The lowest BCUT2D eigenvalue weighted by atomic mass is 10.1. The molecule has 2 rings (SSSR count). The number of para-hydroxylation sites is 1. The van der Waals surface area contributed by atoms with Crippen molar-refractivity contribution in [2.45, 2.75) is 39.0 Å². The van der Waals surface area contributed by atoms with Gasteiger partial charge in [0.15, 0.2) is 0 Å². The highest BCUT2D eigenvalue weighted by molar-refractivity contribution is 6.56. The van der Waals surface area contributed by atoms with Gasteiger partial charge in [-0.3, -0.25) is 14.4 Å². The van der Waals surface area contributed by atoms with Gasteiger partial charge in [-0.1, -0.05) is 38.3 Å². The average molecular weight is 259 g/mol. The molecule has 0 bridgehead atoms. The fraction of sp³-hybridized carbons (Fsp3) is 0.400. The Morgan fingerprint density at radius 3 is 2.58 bits per heavy atom. The standard InChI is InChI=1S/C15H17NO3/c1-2-3-4-5-10-13(17)16-12-9-7-6-8-11(12)14(18)15(16)19/h6-9H,2-5,10H2,1H3. The van der Waals surface area contributed by atoms with E-state index in [1.807, 2.05) is 0 Å². The highest BCUT2D eigenvalue weighted by Gasteiger charge is 2.38. The zero-order chi connectivity index (χ0) is 13.8. The smallest absolute Gasteiger partial charge is 0.283 e. The van der Waals surface area contributed by atoms with Crippen LogP contribution in [0.1, 0.15) is 49.4 Å². The maximum Gasteiger partial charge on any atom is 0.306 e. The molecule has 1 aliphatic heterocycles. The van der Waals surface area contributed by atoms with Crippen molar-refractivity contribution in [3.05, 3.63) is 29.8 Å². The Morgan fingerprint density at radius 1 is 1.11 bits per heavy atom. The first kappa shape index (κ1) is 13.5. The minimum atomic E-state index is -0.721. The lowest BCUT2D eigenvalue weighted by molar-refractivity contribution is -0.124. The number of imide groups is 1. The second-order valence-corrected chi connectivity index (χ2v) is 4.69. The predicted molar refractivity (Wildman–Crippen MR) is 72.0 cm³/mol. The van der Waals surface area contributed by atoms with Crippen LogP contribution in [0, 0.1) is 0 Å². The summed E-state index contributed by atoms with van der Waals surface area (Å²) in [4.78, 5) is 36.7. The fourth-order valence-electron chi connectivity index (χ4n) is 2.25. The first-order chi connectivity index (χ1) is 9.16. The van der Waals surface area contributed by atoms with Gasteiger partial charge >= 0.3 is 5.91 Å². The van der Waals surface area contributed by atoms with Crippen LogP contribution in [-0.4, -0.2) is 17.6 Å². The van der Waals surface area contributed by atoms with Crippen LogP contribution >= 0.6 is 0 Å². The molecule has 2 amide bonds. The van der Waals surface area contributed by atoms with Crippen molar-refractivity contribution >= 4 is 23.3 Å². The number of benzene rings is 1. The second kappa shape index (κ2) is 5.78. The van der Waals surface area contributed by atoms with Gasteiger partial charge in [-0.2, -0.15) is 0 Å². The minimum absolute atomic E-state index is 0.278. The Balaban J connectivity index is 2.10. The molecule has 1 aromatic rings. The minimum Gasteiger partial charge on any atom is -0.283 e. The third-order valence-electron chi connectivity index (χ3n) is 3.28. The molecule has 1 heterocycles. The zero-order valence-corrected chi connectivity index (χ0v) is 11.0. The van der Waals surface area contributed by atoms with Crippen molar-refractivity contribution in [1.82, 2.24) is 0 Å². The van der Waals surface area contributed by atoms with E-state index in [2.05, 4.69) is 6.92 Å². The van der Waals surface area contributed by atoms with Crippen LogP contribution in [0.2, 0.25) is 0 Å². The number of hydrogen-bond acceptors (Lipinski definition) is 3. The molecule has 0 spiro atoms. The van der Waals surface area contributed by atoms with Crippen LogP contribution in [0.25, 0.3) is 0 Å².